The molecule has 0 radical (unpaired) electrons. The zero-order chi connectivity index (χ0) is 23.9. The zero-order valence-electron chi connectivity index (χ0n) is 16.1. The molecule has 1 aliphatic heterocycles. The van der Waals surface area contributed by atoms with Crippen LogP contribution in [0.25, 0.3) is 11.6 Å². The number of alkyl halides is 6. The van der Waals surface area contributed by atoms with Crippen LogP contribution in [0.2, 0.25) is 0 Å². The fraction of sp³-hybridized carbons (Fsp3) is 0.529. The molecule has 1 aliphatic rings. The van der Waals surface area contributed by atoms with E-state index in [4.69, 9.17) is 10.2 Å². The normalized spacial score (nSPS) is 22.7. The highest BCUT2D eigenvalue weighted by Crippen LogP contribution is 2.44. The minimum absolute atomic E-state index is 0.0379. The van der Waals surface area contributed by atoms with E-state index in [1.165, 1.54) is 0 Å². The molecular weight excluding hydrogens is 452 g/mol. The maximum Gasteiger partial charge on any atom is 0.426 e. The van der Waals surface area contributed by atoms with Gasteiger partial charge in [-0.15, -0.1) is 10.2 Å². The van der Waals surface area contributed by atoms with Crippen molar-refractivity contribution in [1.29, 1.82) is 0 Å². The highest BCUT2D eigenvalue weighted by molar-refractivity contribution is 5.78. The number of carboxylic acids is 1. The number of pyridine rings is 1. The summed E-state index contributed by atoms with van der Waals surface area (Å²) < 4.78 is 86.1. The lowest BCUT2D eigenvalue weighted by molar-refractivity contribution is -0.277. The number of aromatic nitrogens is 3. The number of carbonyl (C=O) groups is 1. The molecule has 2 aromatic heterocycles. The Morgan fingerprint density at radius 1 is 1.19 bits per heavy atom. The molecule has 0 aliphatic carbocycles. The van der Waals surface area contributed by atoms with Crippen molar-refractivity contribution >= 4 is 17.5 Å². The number of aliphatic hydroxyl groups is 1. The van der Waals surface area contributed by atoms with E-state index in [-0.39, 0.29) is 25.7 Å². The number of nitrogen functional groups attached to an aromatic ring is 1. The van der Waals surface area contributed by atoms with Crippen LogP contribution in [-0.2, 0) is 16.6 Å². The Labute approximate surface area is 175 Å². The first-order valence-corrected chi connectivity index (χ1v) is 9.24. The molecule has 2 aromatic rings. The highest BCUT2D eigenvalue weighted by atomic mass is 19.4. The van der Waals surface area contributed by atoms with Gasteiger partial charge in [0, 0.05) is 0 Å². The van der Waals surface area contributed by atoms with Gasteiger partial charge < -0.3 is 25.7 Å². The summed E-state index contributed by atoms with van der Waals surface area (Å²) in [4.78, 5) is 15.2. The molecule has 0 spiro atoms. The number of anilines is 2. The first-order chi connectivity index (χ1) is 14.7. The molecule has 0 saturated carbocycles. The highest BCUT2D eigenvalue weighted by Gasteiger charge is 2.58. The molecule has 0 fully saturated rings. The fourth-order valence-electron chi connectivity index (χ4n) is 3.21. The molecule has 3 heterocycles. The second-order valence-corrected chi connectivity index (χ2v) is 7.23. The second-order valence-electron chi connectivity index (χ2n) is 7.23. The van der Waals surface area contributed by atoms with E-state index < -0.39 is 70.9 Å². The summed E-state index contributed by atoms with van der Waals surface area (Å²) in [5.74, 6) is -4.40. The minimum atomic E-state index is -5.21. The molecule has 3 rings (SSSR count). The Balaban J connectivity index is 2.20. The van der Waals surface area contributed by atoms with Crippen molar-refractivity contribution in [1.82, 2.24) is 15.2 Å². The lowest BCUT2D eigenvalue weighted by atomic mass is 9.94. The fourth-order valence-corrected chi connectivity index (χ4v) is 3.21. The Kier molecular flexibility index (Phi) is 5.97. The van der Waals surface area contributed by atoms with Crippen molar-refractivity contribution in [3.63, 3.8) is 0 Å². The van der Waals surface area contributed by atoms with Crippen LogP contribution in [0.4, 0.5) is 37.8 Å². The average Bonchev–Trinajstić information content (AvgIpc) is 3.15. The number of nitrogens with two attached hydrogens (primary N) is 1. The topological polar surface area (TPSA) is 147 Å². The van der Waals surface area contributed by atoms with Gasteiger partial charge in [0.25, 0.3) is 11.8 Å². The number of rotatable bonds is 1. The van der Waals surface area contributed by atoms with Gasteiger partial charge in [-0.1, -0.05) is 12.8 Å². The van der Waals surface area contributed by atoms with E-state index in [0.717, 1.165) is 0 Å². The van der Waals surface area contributed by atoms with Gasteiger partial charge in [0.15, 0.2) is 5.69 Å². The first kappa shape index (κ1) is 23.6. The van der Waals surface area contributed by atoms with Gasteiger partial charge in [-0.25, -0.2) is 9.78 Å². The van der Waals surface area contributed by atoms with Crippen LogP contribution in [0.15, 0.2) is 10.5 Å². The number of halogens is 6. The Morgan fingerprint density at radius 3 is 2.47 bits per heavy atom. The van der Waals surface area contributed by atoms with Gasteiger partial charge in [-0.2, -0.15) is 26.3 Å². The number of hydrogen-bond acceptors (Lipinski definition) is 8. The third-order valence-electron chi connectivity index (χ3n) is 4.95. The molecule has 5 N–H and O–H groups in total. The molecule has 15 heteroatoms. The summed E-state index contributed by atoms with van der Waals surface area (Å²) in [6, 6.07) is -1.10. The lowest BCUT2D eigenvalue weighted by Gasteiger charge is -2.27. The second kappa shape index (κ2) is 8.11. The van der Waals surface area contributed by atoms with Crippen LogP contribution in [0.5, 0.6) is 0 Å². The Hall–Kier alpha value is -3.10. The van der Waals surface area contributed by atoms with Gasteiger partial charge in [0.1, 0.15) is 11.9 Å². The van der Waals surface area contributed by atoms with Gasteiger partial charge in [0.05, 0.1) is 11.3 Å². The van der Waals surface area contributed by atoms with Crippen molar-refractivity contribution in [2.45, 2.75) is 56.1 Å². The quantitative estimate of drug-likeness (QED) is 0.462. The molecule has 1 unspecified atom stereocenters. The lowest BCUT2D eigenvalue weighted by Crippen LogP contribution is -2.42. The SMILES string of the molecule is Nc1cc(C(F)(F)F)c2nc1-c1nnc(o1)[C@@](O)(C(F)(F)F)CCCCCC(C(=O)O)N2. The maximum absolute atomic E-state index is 13.6. The summed E-state index contributed by atoms with van der Waals surface area (Å²) in [7, 11) is 0. The van der Waals surface area contributed by atoms with Crippen LogP contribution < -0.4 is 11.1 Å². The number of carboxylic acid groups (broad SMARTS) is 1. The Bertz CT molecular complexity index is 1010. The summed E-state index contributed by atoms with van der Waals surface area (Å²) in [5.41, 5.74) is -0.572. The van der Waals surface area contributed by atoms with Crippen molar-refractivity contribution < 1.29 is 45.8 Å². The van der Waals surface area contributed by atoms with Crippen LogP contribution in [0.3, 0.4) is 0 Å². The van der Waals surface area contributed by atoms with Gasteiger partial charge in [-0.3, -0.25) is 0 Å². The van der Waals surface area contributed by atoms with Crippen LogP contribution in [0, 0.1) is 0 Å². The van der Waals surface area contributed by atoms with E-state index in [1.54, 1.807) is 0 Å². The van der Waals surface area contributed by atoms with Crippen molar-refractivity contribution in [3.05, 3.63) is 17.5 Å². The summed E-state index contributed by atoms with van der Waals surface area (Å²) in [5, 5.41) is 28.4. The van der Waals surface area contributed by atoms with Crippen LogP contribution >= 0.6 is 0 Å². The molecular formula is C17H17F6N5O4. The van der Waals surface area contributed by atoms with Gasteiger partial charge >= 0.3 is 18.3 Å². The third-order valence-corrected chi connectivity index (χ3v) is 4.95. The minimum Gasteiger partial charge on any atom is -0.480 e. The number of aliphatic carboxylic acids is 1. The first-order valence-electron chi connectivity index (χ1n) is 9.24. The van der Waals surface area contributed by atoms with E-state index in [0.29, 0.717) is 6.07 Å². The molecule has 32 heavy (non-hydrogen) atoms. The predicted octanol–water partition coefficient (Wildman–Crippen LogP) is 3.31. The van der Waals surface area contributed by atoms with Crippen LogP contribution in [-0.4, -0.2) is 43.6 Å². The van der Waals surface area contributed by atoms with E-state index in [9.17, 15) is 41.4 Å². The number of hydrogen-bond donors (Lipinski definition) is 4. The van der Waals surface area contributed by atoms with Crippen molar-refractivity contribution in [2.24, 2.45) is 0 Å². The molecule has 9 nitrogen and oxygen atoms in total. The predicted molar refractivity (Wildman–Crippen MR) is 95.0 cm³/mol. The Morgan fingerprint density at radius 2 is 1.88 bits per heavy atom. The van der Waals surface area contributed by atoms with E-state index in [2.05, 4.69) is 20.5 Å². The summed E-state index contributed by atoms with van der Waals surface area (Å²) in [6.45, 7) is 0. The van der Waals surface area contributed by atoms with Crippen molar-refractivity contribution in [2.75, 3.05) is 11.1 Å². The molecule has 4 bridgehead atoms. The molecule has 2 atom stereocenters. The largest absolute Gasteiger partial charge is 0.480 e. The molecule has 0 amide bonds. The number of nitrogens with zero attached hydrogens (tertiary/aromatic N) is 3. The number of nitrogens with one attached hydrogen (secondary N) is 1. The van der Waals surface area contributed by atoms with E-state index in [1.807, 2.05) is 0 Å². The standard InChI is InChI=1S/C17H17F6N5O4/c18-16(19,20)7-6-8(24)10-12-27-28-14(32-12)15(31,17(21,22)23)5-3-1-2-4-9(13(29)30)25-11(7)26-10/h6,9,31H,1-5,24H2,(H,25,26)(H,29,30)/t9?,15-/m1/s1. The third kappa shape index (κ3) is 4.42. The number of fused-ring (bicyclic) bond motifs is 5. The van der Waals surface area contributed by atoms with Crippen LogP contribution in [0.1, 0.15) is 43.6 Å². The molecule has 0 aromatic carbocycles. The van der Waals surface area contributed by atoms with E-state index >= 15 is 0 Å². The molecule has 176 valence electrons. The summed E-state index contributed by atoms with van der Waals surface area (Å²) in [6.07, 6.45) is -11.4. The maximum atomic E-state index is 13.6. The average molecular weight is 469 g/mol. The zero-order valence-corrected chi connectivity index (χ0v) is 16.1. The van der Waals surface area contributed by atoms with Gasteiger partial charge in [0.2, 0.25) is 5.60 Å². The van der Waals surface area contributed by atoms with Gasteiger partial charge in [-0.05, 0) is 25.3 Å². The summed E-state index contributed by atoms with van der Waals surface area (Å²) >= 11 is 0. The monoisotopic (exact) mass is 469 g/mol. The molecule has 0 saturated heterocycles. The smallest absolute Gasteiger partial charge is 0.426 e. The van der Waals surface area contributed by atoms with Crippen molar-refractivity contribution in [3.8, 4) is 11.6 Å².